The number of aromatic amines is 1. The van der Waals surface area contributed by atoms with Crippen LogP contribution in [0.4, 0.5) is 10.1 Å². The van der Waals surface area contributed by atoms with Crippen LogP contribution < -0.4 is 26.0 Å². The Bertz CT molecular complexity index is 1420. The number of hydrogen-bond donors (Lipinski definition) is 6. The quantitative estimate of drug-likeness (QED) is 0.228. The maximum Gasteiger partial charge on any atom is 0.305 e. The second kappa shape index (κ2) is 11.4. The Morgan fingerprint density at radius 3 is 2.79 bits per heavy atom. The first-order valence-corrected chi connectivity index (χ1v) is 12.6. The molecule has 1 aliphatic carbocycles. The number of aromatic nitrogens is 2. The third kappa shape index (κ3) is 6.80. The topological polar surface area (TPSA) is 170 Å². The number of ether oxygens (including phenoxy) is 1. The van der Waals surface area contributed by atoms with Crippen molar-refractivity contribution in [2.24, 2.45) is 4.99 Å². The number of alkyl halides is 1. The van der Waals surface area contributed by atoms with E-state index in [0.29, 0.717) is 33.9 Å². The minimum Gasteiger partial charge on any atom is -0.490 e. The van der Waals surface area contributed by atoms with Crippen molar-refractivity contribution in [2.45, 2.75) is 37.6 Å². The molecule has 3 aromatic rings. The normalized spacial score (nSPS) is 17.5. The minimum atomic E-state index is -1.08. The number of amides is 2. The maximum absolute atomic E-state index is 13.4. The van der Waals surface area contributed by atoms with Crippen molar-refractivity contribution < 1.29 is 28.6 Å². The predicted molar refractivity (Wildman–Crippen MR) is 140 cm³/mol. The van der Waals surface area contributed by atoms with E-state index in [1.54, 1.807) is 42.6 Å². The highest BCUT2D eigenvalue weighted by atomic mass is 19.1. The molecule has 2 atom stereocenters. The third-order valence-corrected chi connectivity index (χ3v) is 6.22. The summed E-state index contributed by atoms with van der Waals surface area (Å²) in [4.78, 5) is 41.2. The van der Waals surface area contributed by atoms with Crippen LogP contribution in [0.15, 0.2) is 47.6 Å². The Labute approximate surface area is 222 Å². The zero-order valence-corrected chi connectivity index (χ0v) is 20.9. The number of aliphatic carboxylic acids is 1. The van der Waals surface area contributed by atoms with Crippen LogP contribution in [0.25, 0.3) is 10.9 Å². The van der Waals surface area contributed by atoms with Gasteiger partial charge < -0.3 is 31.1 Å². The molecule has 2 aromatic carbocycles. The van der Waals surface area contributed by atoms with Crippen molar-refractivity contribution in [1.82, 2.24) is 26.1 Å². The highest BCUT2D eigenvalue weighted by molar-refractivity contribution is 6.07. The fourth-order valence-corrected chi connectivity index (χ4v) is 4.13. The molecule has 12 nitrogen and oxygen atoms in total. The number of hydrogen-bond acceptors (Lipinski definition) is 8. The lowest BCUT2D eigenvalue weighted by molar-refractivity contribution is -0.137. The van der Waals surface area contributed by atoms with Crippen molar-refractivity contribution in [3.8, 4) is 5.75 Å². The zero-order chi connectivity index (χ0) is 27.4. The predicted octanol–water partition coefficient (Wildman–Crippen LogP) is 1.88. The summed E-state index contributed by atoms with van der Waals surface area (Å²) in [5, 5.41) is 28.1. The van der Waals surface area contributed by atoms with E-state index in [2.05, 4.69) is 36.5 Å². The molecule has 13 heteroatoms. The van der Waals surface area contributed by atoms with Crippen LogP contribution in [0.1, 0.15) is 41.2 Å². The number of H-pyrrole nitrogens is 1. The van der Waals surface area contributed by atoms with Gasteiger partial charge in [0.1, 0.15) is 11.9 Å². The average molecular weight is 538 g/mol. The standard InChI is InChI=1S/C26H28FN7O5/c27-16-10-29-26(30-11-16)33-21-7-15(8-22-19(21)12-31-34-22)25(38)28-13-23(35)32-20(9-24(36)37)14-2-1-3-18(6-14)39-17-4-5-17/h1-3,6-8,12,16-17,20H,4-5,9-11,13H2,(H,28,38)(H,31,34)(H,32,35)(H,36,37)(H2,29,30,33)/t20-/m0/s1. The summed E-state index contributed by atoms with van der Waals surface area (Å²) in [6, 6.07) is 9.34. The number of carbonyl (C=O) groups excluding carboxylic acids is 2. The first-order chi connectivity index (χ1) is 18.8. The number of carboxylic acid groups (broad SMARTS) is 1. The molecule has 0 radical (unpaired) electrons. The van der Waals surface area contributed by atoms with Crippen LogP contribution in [0, 0.1) is 0 Å². The van der Waals surface area contributed by atoms with Crippen molar-refractivity contribution in [3.63, 3.8) is 0 Å². The van der Waals surface area contributed by atoms with Crippen molar-refractivity contribution in [3.05, 3.63) is 53.7 Å². The largest absolute Gasteiger partial charge is 0.490 e. The summed E-state index contributed by atoms with van der Waals surface area (Å²) in [6.45, 7) is -0.223. The van der Waals surface area contributed by atoms with Crippen LogP contribution in [0.5, 0.6) is 5.75 Å². The second-order valence-corrected chi connectivity index (χ2v) is 9.44. The fourth-order valence-electron chi connectivity index (χ4n) is 4.13. The summed E-state index contributed by atoms with van der Waals surface area (Å²) in [5.74, 6) is -1.16. The molecule has 1 aromatic heterocycles. The van der Waals surface area contributed by atoms with Gasteiger partial charge >= 0.3 is 5.97 Å². The van der Waals surface area contributed by atoms with Crippen LogP contribution in [-0.4, -0.2) is 71.0 Å². The number of rotatable bonds is 10. The number of carbonyl (C=O) groups is 3. The van der Waals surface area contributed by atoms with Crippen molar-refractivity contribution in [2.75, 3.05) is 25.0 Å². The molecule has 0 spiro atoms. The Kier molecular flexibility index (Phi) is 7.57. The van der Waals surface area contributed by atoms with E-state index in [-0.39, 0.29) is 37.7 Å². The van der Waals surface area contributed by atoms with Crippen molar-refractivity contribution >= 4 is 40.3 Å². The zero-order valence-electron chi connectivity index (χ0n) is 20.9. The van der Waals surface area contributed by atoms with Gasteiger partial charge in [-0.25, -0.2) is 9.38 Å². The van der Waals surface area contributed by atoms with Gasteiger partial charge in [0.15, 0.2) is 5.96 Å². The van der Waals surface area contributed by atoms with Gasteiger partial charge in [-0.15, -0.1) is 0 Å². The first-order valence-electron chi connectivity index (χ1n) is 12.6. The Hall–Kier alpha value is -4.68. The Morgan fingerprint density at radius 1 is 1.21 bits per heavy atom. The van der Waals surface area contributed by atoms with Gasteiger partial charge in [-0.1, -0.05) is 12.1 Å². The van der Waals surface area contributed by atoms with Gasteiger partial charge in [0.05, 0.1) is 55.6 Å². The number of benzene rings is 2. The van der Waals surface area contributed by atoms with Crippen LogP contribution >= 0.6 is 0 Å². The molecule has 5 rings (SSSR count). The van der Waals surface area contributed by atoms with Crippen LogP contribution in [0.3, 0.4) is 0 Å². The second-order valence-electron chi connectivity index (χ2n) is 9.44. The molecular formula is C26H28FN7O5. The van der Waals surface area contributed by atoms with Crippen LogP contribution in [0.2, 0.25) is 0 Å². The summed E-state index contributed by atoms with van der Waals surface area (Å²) >= 11 is 0. The molecule has 1 unspecified atom stereocenters. The first kappa shape index (κ1) is 25.9. The number of anilines is 1. The van der Waals surface area contributed by atoms with E-state index in [4.69, 9.17) is 4.74 Å². The highest BCUT2D eigenvalue weighted by Crippen LogP contribution is 2.29. The van der Waals surface area contributed by atoms with Gasteiger partial charge in [0.25, 0.3) is 5.91 Å². The molecule has 39 heavy (non-hydrogen) atoms. The number of guanidine groups is 1. The number of nitrogens with zero attached hydrogens (tertiary/aromatic N) is 2. The fraction of sp³-hybridized carbons (Fsp3) is 0.346. The molecular weight excluding hydrogens is 509 g/mol. The minimum absolute atomic E-state index is 0.0276. The lowest BCUT2D eigenvalue weighted by Gasteiger charge is -2.19. The Morgan fingerprint density at radius 2 is 2.05 bits per heavy atom. The van der Waals surface area contributed by atoms with E-state index in [1.165, 1.54) is 0 Å². The molecule has 2 amide bonds. The molecule has 1 aliphatic heterocycles. The molecule has 1 fully saturated rings. The lowest BCUT2D eigenvalue weighted by atomic mass is 10.0. The molecule has 6 N–H and O–H groups in total. The molecule has 2 heterocycles. The number of carboxylic acids is 1. The lowest BCUT2D eigenvalue weighted by Crippen LogP contribution is -2.41. The highest BCUT2D eigenvalue weighted by Gasteiger charge is 2.25. The smallest absolute Gasteiger partial charge is 0.305 e. The van der Waals surface area contributed by atoms with Gasteiger partial charge in [0.2, 0.25) is 5.91 Å². The number of fused-ring (bicyclic) bond motifs is 1. The average Bonchev–Trinajstić information content (AvgIpc) is 3.59. The number of aliphatic imine (C=N–C) groups is 1. The summed E-state index contributed by atoms with van der Waals surface area (Å²) in [5.41, 5.74) is 1.93. The van der Waals surface area contributed by atoms with Gasteiger partial charge in [-0.05, 0) is 42.7 Å². The number of halogens is 1. The molecule has 204 valence electrons. The molecule has 1 saturated carbocycles. The van der Waals surface area contributed by atoms with E-state index >= 15 is 0 Å². The van der Waals surface area contributed by atoms with Gasteiger partial charge in [0, 0.05) is 10.9 Å². The SMILES string of the molecule is O=C(O)C[C@H](NC(=O)CNC(=O)c1cc(NC2=NCC(F)CN2)c2cn[nH]c2c1)c1cccc(OC2CC2)c1. The third-order valence-electron chi connectivity index (χ3n) is 6.22. The summed E-state index contributed by atoms with van der Waals surface area (Å²) in [6.07, 6.45) is 2.32. The van der Waals surface area contributed by atoms with Gasteiger partial charge in [-0.3, -0.25) is 19.5 Å². The van der Waals surface area contributed by atoms with E-state index in [1.807, 2.05) is 0 Å². The van der Waals surface area contributed by atoms with E-state index in [9.17, 15) is 23.9 Å². The van der Waals surface area contributed by atoms with E-state index < -0.39 is 30.0 Å². The maximum atomic E-state index is 13.4. The summed E-state index contributed by atoms with van der Waals surface area (Å²) in [7, 11) is 0. The van der Waals surface area contributed by atoms with Crippen molar-refractivity contribution in [1.29, 1.82) is 0 Å². The monoisotopic (exact) mass is 537 g/mol. The van der Waals surface area contributed by atoms with Gasteiger partial charge in [-0.2, -0.15) is 5.10 Å². The number of nitrogens with one attached hydrogen (secondary N) is 5. The Balaban J connectivity index is 1.24. The molecule has 0 bridgehead atoms. The van der Waals surface area contributed by atoms with Crippen LogP contribution in [-0.2, 0) is 9.59 Å². The molecule has 2 aliphatic rings. The molecule has 0 saturated heterocycles. The van der Waals surface area contributed by atoms with E-state index in [0.717, 1.165) is 12.8 Å². The summed E-state index contributed by atoms with van der Waals surface area (Å²) < 4.78 is 19.2.